The van der Waals surface area contributed by atoms with E-state index in [2.05, 4.69) is 60.0 Å². The number of hydrogen-bond donors (Lipinski definition) is 0. The molecule has 142 valence electrons. The minimum absolute atomic E-state index is 0.432. The van der Waals surface area contributed by atoms with Gasteiger partial charge in [-0.05, 0) is 61.2 Å². The SMILES string of the molecule is Cc1cccc2c1nc(COc1ccc(Cl)cc1)n2CCCc1ccccc1. The number of fused-ring (bicyclic) bond motifs is 1. The summed E-state index contributed by atoms with van der Waals surface area (Å²) < 4.78 is 8.27. The highest BCUT2D eigenvalue weighted by Gasteiger charge is 2.13. The van der Waals surface area contributed by atoms with Crippen molar-refractivity contribution in [3.63, 3.8) is 0 Å². The summed E-state index contributed by atoms with van der Waals surface area (Å²) in [4.78, 5) is 4.88. The number of benzene rings is 3. The van der Waals surface area contributed by atoms with Crippen molar-refractivity contribution in [3.8, 4) is 5.75 Å². The molecular formula is C24H23ClN2O. The second-order valence-electron chi connectivity index (χ2n) is 6.95. The fourth-order valence-corrected chi connectivity index (χ4v) is 3.59. The molecule has 0 saturated carbocycles. The van der Waals surface area contributed by atoms with Gasteiger partial charge in [-0.2, -0.15) is 0 Å². The molecule has 28 heavy (non-hydrogen) atoms. The Bertz CT molecular complexity index is 1060. The Hall–Kier alpha value is -2.78. The third-order valence-corrected chi connectivity index (χ3v) is 5.18. The predicted molar refractivity (Wildman–Crippen MR) is 115 cm³/mol. The Morgan fingerprint density at radius 2 is 1.71 bits per heavy atom. The van der Waals surface area contributed by atoms with Gasteiger partial charge in [-0.3, -0.25) is 0 Å². The molecule has 4 heteroatoms. The molecular weight excluding hydrogens is 368 g/mol. The molecule has 0 unspecified atom stereocenters. The maximum atomic E-state index is 5.98. The van der Waals surface area contributed by atoms with Crippen LogP contribution in [0.2, 0.25) is 5.02 Å². The minimum Gasteiger partial charge on any atom is -0.486 e. The summed E-state index contributed by atoms with van der Waals surface area (Å²) in [7, 11) is 0. The first-order chi connectivity index (χ1) is 13.7. The predicted octanol–water partition coefficient (Wildman–Crippen LogP) is 6.21. The fraction of sp³-hybridized carbons (Fsp3) is 0.208. The smallest absolute Gasteiger partial charge is 0.148 e. The molecule has 0 aliphatic heterocycles. The summed E-state index contributed by atoms with van der Waals surface area (Å²) in [6.07, 6.45) is 2.10. The van der Waals surface area contributed by atoms with Crippen LogP contribution in [0.3, 0.4) is 0 Å². The third-order valence-electron chi connectivity index (χ3n) is 4.93. The van der Waals surface area contributed by atoms with Crippen LogP contribution in [0.15, 0.2) is 72.8 Å². The molecule has 0 aliphatic rings. The zero-order valence-corrected chi connectivity index (χ0v) is 16.7. The first kappa shape index (κ1) is 18.6. The fourth-order valence-electron chi connectivity index (χ4n) is 3.46. The van der Waals surface area contributed by atoms with E-state index in [1.807, 2.05) is 24.3 Å². The van der Waals surface area contributed by atoms with E-state index in [4.69, 9.17) is 21.3 Å². The summed E-state index contributed by atoms with van der Waals surface area (Å²) in [6, 6.07) is 24.4. The number of aromatic nitrogens is 2. The van der Waals surface area contributed by atoms with E-state index in [1.54, 1.807) is 0 Å². The lowest BCUT2D eigenvalue weighted by molar-refractivity contribution is 0.290. The molecule has 1 aromatic heterocycles. The standard InChI is InChI=1S/C24H23ClN2O/c1-18-7-5-11-22-24(18)26-23(17-28-21-14-12-20(25)13-15-21)27(22)16-6-10-19-8-3-2-4-9-19/h2-5,7-9,11-15H,6,10,16-17H2,1H3. The molecule has 0 radical (unpaired) electrons. The summed E-state index contributed by atoms with van der Waals surface area (Å²) in [5.41, 5.74) is 4.77. The van der Waals surface area contributed by atoms with Gasteiger partial charge in [0.15, 0.2) is 0 Å². The number of aryl methyl sites for hydroxylation is 3. The van der Waals surface area contributed by atoms with Crippen LogP contribution in [-0.2, 0) is 19.6 Å². The highest BCUT2D eigenvalue weighted by molar-refractivity contribution is 6.30. The molecule has 1 heterocycles. The highest BCUT2D eigenvalue weighted by atomic mass is 35.5. The molecule has 0 fully saturated rings. The Balaban J connectivity index is 1.55. The third kappa shape index (κ3) is 4.20. The summed E-state index contributed by atoms with van der Waals surface area (Å²) in [5, 5.41) is 0.705. The van der Waals surface area contributed by atoms with Crippen LogP contribution < -0.4 is 4.74 Å². The van der Waals surface area contributed by atoms with Crippen molar-refractivity contribution in [1.29, 1.82) is 0 Å². The Kier molecular flexibility index (Phi) is 5.63. The molecule has 4 rings (SSSR count). The maximum absolute atomic E-state index is 5.98. The zero-order valence-electron chi connectivity index (χ0n) is 15.9. The molecule has 0 N–H and O–H groups in total. The lowest BCUT2D eigenvalue weighted by atomic mass is 10.1. The van der Waals surface area contributed by atoms with Crippen LogP contribution >= 0.6 is 11.6 Å². The number of imidazole rings is 1. The molecule has 0 spiro atoms. The average Bonchev–Trinajstić information content (AvgIpc) is 3.08. The van der Waals surface area contributed by atoms with Crippen molar-refractivity contribution in [2.75, 3.05) is 0 Å². The van der Waals surface area contributed by atoms with E-state index in [-0.39, 0.29) is 0 Å². The lowest BCUT2D eigenvalue weighted by Gasteiger charge is -2.11. The van der Waals surface area contributed by atoms with Gasteiger partial charge in [-0.25, -0.2) is 4.98 Å². The molecule has 3 aromatic carbocycles. The molecule has 4 aromatic rings. The van der Waals surface area contributed by atoms with E-state index in [9.17, 15) is 0 Å². The highest BCUT2D eigenvalue weighted by Crippen LogP contribution is 2.22. The van der Waals surface area contributed by atoms with Gasteiger partial charge in [0.05, 0.1) is 11.0 Å². The van der Waals surface area contributed by atoms with Gasteiger partial charge in [0, 0.05) is 11.6 Å². The maximum Gasteiger partial charge on any atom is 0.148 e. The van der Waals surface area contributed by atoms with Crippen molar-refractivity contribution >= 4 is 22.6 Å². The molecule has 0 bridgehead atoms. The molecule has 0 saturated heterocycles. The number of rotatable bonds is 7. The van der Waals surface area contributed by atoms with Crippen molar-refractivity contribution < 1.29 is 4.74 Å². The van der Waals surface area contributed by atoms with Crippen LogP contribution in [-0.4, -0.2) is 9.55 Å². The van der Waals surface area contributed by atoms with Gasteiger partial charge in [0.25, 0.3) is 0 Å². The number of ether oxygens (including phenoxy) is 1. The first-order valence-corrected chi connectivity index (χ1v) is 9.95. The van der Waals surface area contributed by atoms with Crippen molar-refractivity contribution in [2.24, 2.45) is 0 Å². The van der Waals surface area contributed by atoms with E-state index < -0.39 is 0 Å². The zero-order chi connectivity index (χ0) is 19.3. The number of para-hydroxylation sites is 1. The van der Waals surface area contributed by atoms with Gasteiger partial charge >= 0.3 is 0 Å². The molecule has 3 nitrogen and oxygen atoms in total. The van der Waals surface area contributed by atoms with Crippen LogP contribution in [0.4, 0.5) is 0 Å². The number of halogens is 1. The Morgan fingerprint density at radius 1 is 0.929 bits per heavy atom. The topological polar surface area (TPSA) is 27.1 Å². The minimum atomic E-state index is 0.432. The van der Waals surface area contributed by atoms with Gasteiger partial charge < -0.3 is 9.30 Å². The summed E-state index contributed by atoms with van der Waals surface area (Å²) in [6.45, 7) is 3.45. The molecule has 0 amide bonds. The van der Waals surface area contributed by atoms with E-state index in [0.717, 1.165) is 36.5 Å². The number of hydrogen-bond acceptors (Lipinski definition) is 2. The van der Waals surface area contributed by atoms with Crippen LogP contribution in [0, 0.1) is 6.92 Å². The Morgan fingerprint density at radius 3 is 2.50 bits per heavy atom. The average molecular weight is 391 g/mol. The quantitative estimate of drug-likeness (QED) is 0.375. The second-order valence-corrected chi connectivity index (χ2v) is 7.39. The van der Waals surface area contributed by atoms with Crippen molar-refractivity contribution in [3.05, 3.63) is 94.8 Å². The first-order valence-electron chi connectivity index (χ1n) is 9.58. The van der Waals surface area contributed by atoms with Crippen molar-refractivity contribution in [1.82, 2.24) is 9.55 Å². The summed E-state index contributed by atoms with van der Waals surface area (Å²) in [5.74, 6) is 1.75. The van der Waals surface area contributed by atoms with Crippen molar-refractivity contribution in [2.45, 2.75) is 32.9 Å². The lowest BCUT2D eigenvalue weighted by Crippen LogP contribution is -2.08. The van der Waals surface area contributed by atoms with Gasteiger partial charge in [-0.15, -0.1) is 0 Å². The monoisotopic (exact) mass is 390 g/mol. The van der Waals surface area contributed by atoms with Gasteiger partial charge in [-0.1, -0.05) is 54.1 Å². The van der Waals surface area contributed by atoms with Crippen LogP contribution in [0.1, 0.15) is 23.4 Å². The van der Waals surface area contributed by atoms with Crippen LogP contribution in [0.5, 0.6) is 5.75 Å². The Labute approximate surface area is 170 Å². The van der Waals surface area contributed by atoms with E-state index >= 15 is 0 Å². The normalized spacial score (nSPS) is 11.1. The molecule has 0 atom stereocenters. The van der Waals surface area contributed by atoms with Gasteiger partial charge in [0.1, 0.15) is 18.2 Å². The van der Waals surface area contributed by atoms with Crippen LogP contribution in [0.25, 0.3) is 11.0 Å². The second kappa shape index (κ2) is 8.49. The van der Waals surface area contributed by atoms with Gasteiger partial charge in [0.2, 0.25) is 0 Å². The number of nitrogens with zero attached hydrogens (tertiary/aromatic N) is 2. The van der Waals surface area contributed by atoms with E-state index in [1.165, 1.54) is 16.6 Å². The summed E-state index contributed by atoms with van der Waals surface area (Å²) >= 11 is 5.96. The van der Waals surface area contributed by atoms with E-state index in [0.29, 0.717) is 11.6 Å². The molecule has 0 aliphatic carbocycles. The largest absolute Gasteiger partial charge is 0.486 e.